The molecule has 0 amide bonds. The zero-order valence-corrected chi connectivity index (χ0v) is 9.61. The number of hydrogen-bond acceptors (Lipinski definition) is 2. The molecular weight excluding hydrogens is 210 g/mol. The number of halogens is 1. The molecule has 1 fully saturated rings. The van der Waals surface area contributed by atoms with Gasteiger partial charge in [-0.15, -0.1) is 0 Å². The molecule has 0 radical (unpaired) electrons. The van der Waals surface area contributed by atoms with Gasteiger partial charge in [-0.25, -0.2) is 0 Å². The average Bonchev–Trinajstić information content (AvgIpc) is 2.80. The van der Waals surface area contributed by atoms with Gasteiger partial charge in [-0.3, -0.25) is 0 Å². The molecule has 0 bridgehead atoms. The van der Waals surface area contributed by atoms with Crippen LogP contribution in [0.2, 0.25) is 0 Å². The van der Waals surface area contributed by atoms with E-state index in [2.05, 4.69) is 0 Å². The molecule has 0 aromatic heterocycles. The minimum absolute atomic E-state index is 0.0787. The molecule has 0 spiro atoms. The summed E-state index contributed by atoms with van der Waals surface area (Å²) in [4.78, 5) is 0. The topological polar surface area (TPSA) is 37.4 Å². The van der Waals surface area contributed by atoms with Crippen molar-refractivity contribution in [1.29, 1.82) is 0 Å². The van der Waals surface area contributed by atoms with Gasteiger partial charge in [0.1, 0.15) is 0 Å². The van der Waals surface area contributed by atoms with Gasteiger partial charge in [0.25, 0.3) is 9.24 Å². The summed E-state index contributed by atoms with van der Waals surface area (Å²) in [6.07, 6.45) is 3.59. The molecule has 0 aromatic rings. The summed E-state index contributed by atoms with van der Waals surface area (Å²) in [5, 5.41) is 0. The minimum Gasteiger partial charge on any atom is -0.195 e. The Labute approximate surface area is 84.6 Å². The van der Waals surface area contributed by atoms with Gasteiger partial charge in [0.2, 0.25) is 0 Å². The molecular formula is C8H16ClNO2S. The van der Waals surface area contributed by atoms with E-state index in [0.717, 1.165) is 25.7 Å². The first-order chi connectivity index (χ1) is 6.00. The first-order valence-corrected chi connectivity index (χ1v) is 7.00. The molecule has 1 aliphatic carbocycles. The van der Waals surface area contributed by atoms with E-state index in [-0.39, 0.29) is 12.1 Å². The second-order valence-corrected chi connectivity index (χ2v) is 5.89. The van der Waals surface area contributed by atoms with Gasteiger partial charge in [-0.2, -0.15) is 12.7 Å². The molecule has 0 unspecified atom stereocenters. The van der Waals surface area contributed by atoms with Crippen LogP contribution in [-0.2, 0) is 9.24 Å². The number of nitrogens with zero attached hydrogens (tertiary/aromatic N) is 1. The van der Waals surface area contributed by atoms with Crippen molar-refractivity contribution in [1.82, 2.24) is 4.31 Å². The Balaban J connectivity index is 2.77. The molecule has 0 N–H and O–H groups in total. The van der Waals surface area contributed by atoms with E-state index in [9.17, 15) is 8.42 Å². The molecule has 0 atom stereocenters. The van der Waals surface area contributed by atoms with Crippen LogP contribution in [0.5, 0.6) is 0 Å². The van der Waals surface area contributed by atoms with Crippen LogP contribution in [0, 0.1) is 0 Å². The van der Waals surface area contributed by atoms with Gasteiger partial charge < -0.3 is 0 Å². The first kappa shape index (κ1) is 11.3. The lowest BCUT2D eigenvalue weighted by molar-refractivity contribution is 0.301. The second-order valence-electron chi connectivity index (χ2n) is 3.47. The largest absolute Gasteiger partial charge is 0.300 e. The number of hydrogen-bond donors (Lipinski definition) is 0. The summed E-state index contributed by atoms with van der Waals surface area (Å²) in [5.41, 5.74) is 0. The zero-order valence-electron chi connectivity index (χ0n) is 8.03. The van der Waals surface area contributed by atoms with Crippen molar-refractivity contribution < 1.29 is 8.42 Å². The van der Waals surface area contributed by atoms with Gasteiger partial charge in [0.15, 0.2) is 0 Å². The van der Waals surface area contributed by atoms with Crippen molar-refractivity contribution in [2.24, 2.45) is 0 Å². The fraction of sp³-hybridized carbons (Fsp3) is 1.00. The minimum atomic E-state index is -3.52. The van der Waals surface area contributed by atoms with E-state index in [4.69, 9.17) is 10.7 Å². The molecule has 0 aliphatic heterocycles. The van der Waals surface area contributed by atoms with Crippen LogP contribution in [0.25, 0.3) is 0 Å². The van der Waals surface area contributed by atoms with Crippen molar-refractivity contribution in [2.75, 3.05) is 0 Å². The predicted molar refractivity (Wildman–Crippen MR) is 54.0 cm³/mol. The average molecular weight is 226 g/mol. The van der Waals surface area contributed by atoms with Gasteiger partial charge in [0.05, 0.1) is 0 Å². The summed E-state index contributed by atoms with van der Waals surface area (Å²) in [5.74, 6) is 0. The van der Waals surface area contributed by atoms with Crippen LogP contribution in [0.15, 0.2) is 0 Å². The third kappa shape index (κ3) is 2.82. The quantitative estimate of drug-likeness (QED) is 0.673. The summed E-state index contributed by atoms with van der Waals surface area (Å²) in [6, 6.07) is 0.252. The highest BCUT2D eigenvalue weighted by Crippen LogP contribution is 2.34. The molecule has 1 saturated carbocycles. The molecule has 1 aliphatic rings. The van der Waals surface area contributed by atoms with Crippen LogP contribution < -0.4 is 0 Å². The van der Waals surface area contributed by atoms with E-state index in [1.54, 1.807) is 0 Å². The van der Waals surface area contributed by atoms with Gasteiger partial charge in [-0.05, 0) is 25.7 Å². The molecule has 78 valence electrons. The lowest BCUT2D eigenvalue weighted by Gasteiger charge is -2.26. The molecule has 3 nitrogen and oxygen atoms in total. The Bertz CT molecular complexity index is 257. The first-order valence-electron chi connectivity index (χ1n) is 4.73. The fourth-order valence-electron chi connectivity index (χ4n) is 1.63. The lowest BCUT2D eigenvalue weighted by Crippen LogP contribution is -2.38. The van der Waals surface area contributed by atoms with E-state index >= 15 is 0 Å². The maximum absolute atomic E-state index is 11.3. The van der Waals surface area contributed by atoms with Gasteiger partial charge in [0, 0.05) is 22.8 Å². The van der Waals surface area contributed by atoms with Crippen LogP contribution in [0.3, 0.4) is 0 Å². The van der Waals surface area contributed by atoms with Crippen LogP contribution in [0.1, 0.15) is 39.5 Å². The highest BCUT2D eigenvalue weighted by molar-refractivity contribution is 8.11. The molecule has 5 heteroatoms. The highest BCUT2D eigenvalue weighted by atomic mass is 35.7. The van der Waals surface area contributed by atoms with E-state index in [0.29, 0.717) is 0 Å². The zero-order chi connectivity index (χ0) is 10.1. The Morgan fingerprint density at radius 1 is 1.38 bits per heavy atom. The predicted octanol–water partition coefficient (Wildman–Crippen LogP) is 2.12. The lowest BCUT2D eigenvalue weighted by atomic mass is 10.2. The van der Waals surface area contributed by atoms with Gasteiger partial charge in [-0.1, -0.05) is 13.8 Å². The third-order valence-electron chi connectivity index (χ3n) is 2.46. The highest BCUT2D eigenvalue weighted by Gasteiger charge is 2.39. The molecule has 0 saturated heterocycles. The Kier molecular flexibility index (Phi) is 3.60. The summed E-state index contributed by atoms with van der Waals surface area (Å²) in [6.45, 7) is 3.98. The summed E-state index contributed by atoms with van der Waals surface area (Å²) in [7, 11) is 1.87. The molecule has 0 heterocycles. The van der Waals surface area contributed by atoms with Crippen LogP contribution >= 0.6 is 10.7 Å². The maximum Gasteiger partial charge on any atom is 0.300 e. The summed E-state index contributed by atoms with van der Waals surface area (Å²) < 4.78 is 24.0. The van der Waals surface area contributed by atoms with Crippen molar-refractivity contribution >= 4 is 19.9 Å². The van der Waals surface area contributed by atoms with Crippen LogP contribution in [0.4, 0.5) is 0 Å². The monoisotopic (exact) mass is 225 g/mol. The standard InChI is InChI=1S/C8H16ClNO2S/c1-3-7(4-2)10(8-5-6-8)13(9,11)12/h7-8H,3-6H2,1-2H3. The Hall–Kier alpha value is 0.200. The normalized spacial score (nSPS) is 18.5. The van der Waals surface area contributed by atoms with Crippen LogP contribution in [-0.4, -0.2) is 24.8 Å². The molecule has 1 rings (SSSR count). The van der Waals surface area contributed by atoms with Gasteiger partial charge >= 0.3 is 0 Å². The van der Waals surface area contributed by atoms with Crippen molar-refractivity contribution in [3.8, 4) is 0 Å². The van der Waals surface area contributed by atoms with Crippen molar-refractivity contribution in [3.63, 3.8) is 0 Å². The van der Waals surface area contributed by atoms with Crippen molar-refractivity contribution in [3.05, 3.63) is 0 Å². The Morgan fingerprint density at radius 3 is 2.08 bits per heavy atom. The number of rotatable bonds is 5. The van der Waals surface area contributed by atoms with E-state index in [1.165, 1.54) is 4.31 Å². The summed E-state index contributed by atoms with van der Waals surface area (Å²) >= 11 is 0. The third-order valence-corrected chi connectivity index (χ3v) is 4.04. The Morgan fingerprint density at radius 2 is 1.85 bits per heavy atom. The molecule has 0 aromatic carbocycles. The smallest absolute Gasteiger partial charge is 0.195 e. The van der Waals surface area contributed by atoms with Crippen molar-refractivity contribution in [2.45, 2.75) is 51.6 Å². The molecule has 13 heavy (non-hydrogen) atoms. The van der Waals surface area contributed by atoms with E-state index in [1.807, 2.05) is 13.8 Å². The maximum atomic E-state index is 11.3. The van der Waals surface area contributed by atoms with E-state index < -0.39 is 9.24 Å². The second kappa shape index (κ2) is 4.15. The fourth-order valence-corrected chi connectivity index (χ4v) is 3.53. The SMILES string of the molecule is CCC(CC)N(C1CC1)S(=O)(=O)Cl.